The Morgan fingerprint density at radius 2 is 1.88 bits per heavy atom. The van der Waals surface area contributed by atoms with Gasteiger partial charge in [-0.05, 0) is 18.2 Å². The lowest BCUT2D eigenvalue weighted by Crippen LogP contribution is -2.14. The molecule has 0 aliphatic rings. The maximum Gasteiger partial charge on any atom is 0.264 e. The molecule has 1 heterocycles. The lowest BCUT2D eigenvalue weighted by molar-refractivity contribution is 0.595. The monoisotopic (exact) mass is 404 g/mol. The lowest BCUT2D eigenvalue weighted by atomic mass is 10.2. The summed E-state index contributed by atoms with van der Waals surface area (Å²) in [5, 5.41) is -0.121. The van der Waals surface area contributed by atoms with Crippen molar-refractivity contribution in [3.63, 3.8) is 0 Å². The molecule has 0 spiro atoms. The van der Waals surface area contributed by atoms with E-state index in [9.17, 15) is 21.4 Å². The third-order valence-electron chi connectivity index (χ3n) is 3.49. The van der Waals surface area contributed by atoms with Gasteiger partial charge < -0.3 is 4.98 Å². The van der Waals surface area contributed by atoms with Crippen LogP contribution in [0, 0.1) is 11.6 Å². The number of hydrogen-bond donors (Lipinski definition) is 2. The minimum Gasteiger partial charge on any atom is -0.360 e. The van der Waals surface area contributed by atoms with Gasteiger partial charge in [-0.15, -0.1) is 0 Å². The van der Waals surface area contributed by atoms with Crippen LogP contribution in [-0.4, -0.2) is 23.9 Å². The van der Waals surface area contributed by atoms with E-state index in [1.165, 1.54) is 24.6 Å². The number of rotatable bonds is 4. The van der Waals surface area contributed by atoms with Crippen LogP contribution in [0.3, 0.4) is 0 Å². The van der Waals surface area contributed by atoms with Crippen molar-refractivity contribution >= 4 is 49.0 Å². The van der Waals surface area contributed by atoms with Gasteiger partial charge in [-0.25, -0.2) is 17.2 Å². The third kappa shape index (κ3) is 3.39. The van der Waals surface area contributed by atoms with E-state index >= 15 is 0 Å². The minimum atomic E-state index is -4.19. The second-order valence-electron chi connectivity index (χ2n) is 5.17. The van der Waals surface area contributed by atoms with Gasteiger partial charge in [0, 0.05) is 45.1 Å². The number of benzene rings is 2. The highest BCUT2D eigenvalue weighted by molar-refractivity contribution is 7.93. The maximum atomic E-state index is 13.8. The molecule has 0 aliphatic carbocycles. The molecule has 1 unspecified atom stereocenters. The van der Waals surface area contributed by atoms with Gasteiger partial charge in [-0.3, -0.25) is 8.93 Å². The van der Waals surface area contributed by atoms with Crippen LogP contribution in [-0.2, 0) is 20.8 Å². The molecule has 0 saturated carbocycles. The first kappa shape index (κ1) is 17.8. The Bertz CT molecular complexity index is 1110. The van der Waals surface area contributed by atoms with Gasteiger partial charge in [-0.1, -0.05) is 17.7 Å². The molecule has 10 heteroatoms. The Kier molecular flexibility index (Phi) is 4.56. The number of H-pyrrole nitrogens is 1. The molecule has 1 atom stereocenters. The van der Waals surface area contributed by atoms with Gasteiger partial charge >= 0.3 is 0 Å². The second-order valence-corrected chi connectivity index (χ2v) is 8.60. The highest BCUT2D eigenvalue weighted by Gasteiger charge is 2.22. The molecule has 0 saturated heterocycles. The van der Waals surface area contributed by atoms with Crippen LogP contribution in [0.5, 0.6) is 0 Å². The van der Waals surface area contributed by atoms with E-state index in [0.29, 0.717) is 27.9 Å². The molecule has 3 rings (SSSR count). The van der Waals surface area contributed by atoms with Gasteiger partial charge in [0.1, 0.15) is 16.5 Å². The van der Waals surface area contributed by atoms with Crippen molar-refractivity contribution in [2.45, 2.75) is 9.79 Å². The Balaban J connectivity index is 2.05. The topological polar surface area (TPSA) is 79.0 Å². The van der Waals surface area contributed by atoms with Gasteiger partial charge in [-0.2, -0.15) is 0 Å². The number of hydrogen-bond acceptors (Lipinski definition) is 3. The predicted molar refractivity (Wildman–Crippen MR) is 92.8 cm³/mol. The van der Waals surface area contributed by atoms with E-state index in [4.69, 9.17) is 11.6 Å². The molecule has 2 aromatic carbocycles. The summed E-state index contributed by atoms with van der Waals surface area (Å²) in [6.07, 6.45) is 2.72. The zero-order valence-corrected chi connectivity index (χ0v) is 15.0. The van der Waals surface area contributed by atoms with Crippen molar-refractivity contribution in [1.29, 1.82) is 0 Å². The molecule has 3 aromatic rings. The predicted octanol–water partition coefficient (Wildman–Crippen LogP) is 3.64. The zero-order chi connectivity index (χ0) is 18.4. The number of nitrogens with one attached hydrogen (secondary N) is 2. The molecule has 0 radical (unpaired) electrons. The van der Waals surface area contributed by atoms with E-state index in [2.05, 4.69) is 4.98 Å². The van der Waals surface area contributed by atoms with Gasteiger partial charge in [0.2, 0.25) is 0 Å². The Hall–Kier alpha value is -1.97. The molecule has 1 aromatic heterocycles. The highest BCUT2D eigenvalue weighted by Crippen LogP contribution is 2.29. The fourth-order valence-corrected chi connectivity index (χ4v) is 4.21. The Labute approximate surface area is 149 Å². The average molecular weight is 405 g/mol. The summed E-state index contributed by atoms with van der Waals surface area (Å²) in [6, 6.07) is 5.95. The smallest absolute Gasteiger partial charge is 0.264 e. The molecule has 132 valence electrons. The first-order valence-corrected chi connectivity index (χ1v) is 10.2. The molecule has 0 bridgehead atoms. The minimum absolute atomic E-state index is 0.148. The number of fused-ring (bicyclic) bond motifs is 1. The number of sulfonamides is 1. The molecule has 0 amide bonds. The van der Waals surface area contributed by atoms with Crippen LogP contribution in [0.15, 0.2) is 46.3 Å². The van der Waals surface area contributed by atoms with Crippen molar-refractivity contribution in [2.24, 2.45) is 0 Å². The normalized spacial score (nSPS) is 13.1. The third-order valence-corrected chi connectivity index (χ3v) is 6.10. The molecular formula is C15H11ClF2N2O3S2. The molecular weight excluding hydrogens is 394 g/mol. The van der Waals surface area contributed by atoms with Gasteiger partial charge in [0.25, 0.3) is 10.0 Å². The number of aromatic amines is 1. The van der Waals surface area contributed by atoms with Gasteiger partial charge in [0.05, 0.1) is 10.7 Å². The lowest BCUT2D eigenvalue weighted by Gasteiger charge is -2.09. The van der Waals surface area contributed by atoms with E-state index in [0.717, 1.165) is 0 Å². The van der Waals surface area contributed by atoms with Crippen LogP contribution < -0.4 is 4.72 Å². The molecule has 25 heavy (non-hydrogen) atoms. The van der Waals surface area contributed by atoms with E-state index in [-0.39, 0.29) is 4.90 Å². The quantitative estimate of drug-likeness (QED) is 0.651. The Morgan fingerprint density at radius 3 is 2.56 bits per heavy atom. The van der Waals surface area contributed by atoms with Crippen molar-refractivity contribution in [3.05, 3.63) is 53.2 Å². The number of aromatic nitrogens is 1. The summed E-state index contributed by atoms with van der Waals surface area (Å²) >= 11 is 5.45. The number of anilines is 1. The van der Waals surface area contributed by atoms with Crippen LogP contribution in [0.25, 0.3) is 10.9 Å². The standard InChI is InChI=1S/C15H11ClF2N2O3S2/c1-24(21)8-2-3-9-13(4-8)19-7-15(9)25(22,23)20-14-6-11(17)10(16)5-12(14)18/h2-7,19-20H,1H3. The zero-order valence-electron chi connectivity index (χ0n) is 12.6. The summed E-state index contributed by atoms with van der Waals surface area (Å²) in [7, 11) is -5.41. The number of halogens is 3. The van der Waals surface area contributed by atoms with Crippen molar-refractivity contribution in [3.8, 4) is 0 Å². The fraction of sp³-hybridized carbons (Fsp3) is 0.0667. The molecule has 0 aliphatic heterocycles. The van der Waals surface area contributed by atoms with Crippen molar-refractivity contribution in [2.75, 3.05) is 11.0 Å². The van der Waals surface area contributed by atoms with E-state index in [1.807, 2.05) is 4.72 Å². The highest BCUT2D eigenvalue weighted by atomic mass is 35.5. The summed E-state index contributed by atoms with van der Waals surface area (Å²) in [6.45, 7) is 0. The summed E-state index contributed by atoms with van der Waals surface area (Å²) in [4.78, 5) is 3.15. The van der Waals surface area contributed by atoms with Crippen LogP contribution in [0.2, 0.25) is 5.02 Å². The molecule has 0 fully saturated rings. The van der Waals surface area contributed by atoms with Crippen LogP contribution >= 0.6 is 11.6 Å². The van der Waals surface area contributed by atoms with E-state index in [1.54, 1.807) is 6.07 Å². The second kappa shape index (κ2) is 6.40. The summed E-state index contributed by atoms with van der Waals surface area (Å²) in [5.41, 5.74) is -0.0987. The molecule has 5 nitrogen and oxygen atoms in total. The largest absolute Gasteiger partial charge is 0.360 e. The molecule has 2 N–H and O–H groups in total. The Morgan fingerprint density at radius 1 is 1.16 bits per heavy atom. The van der Waals surface area contributed by atoms with Crippen LogP contribution in [0.1, 0.15) is 0 Å². The SMILES string of the molecule is CS(=O)c1ccc2c(S(=O)(=O)Nc3cc(F)c(Cl)cc3F)c[nH]c2c1. The maximum absolute atomic E-state index is 13.8. The first-order chi connectivity index (χ1) is 11.7. The summed E-state index contributed by atoms with van der Waals surface area (Å²) in [5.74, 6) is -1.95. The van der Waals surface area contributed by atoms with Crippen molar-refractivity contribution in [1.82, 2.24) is 4.98 Å². The van der Waals surface area contributed by atoms with Crippen molar-refractivity contribution < 1.29 is 21.4 Å². The van der Waals surface area contributed by atoms with Gasteiger partial charge in [0.15, 0.2) is 0 Å². The van der Waals surface area contributed by atoms with Crippen LogP contribution in [0.4, 0.5) is 14.5 Å². The average Bonchev–Trinajstić information content (AvgIpc) is 2.96. The summed E-state index contributed by atoms with van der Waals surface area (Å²) < 4.78 is 65.9. The first-order valence-electron chi connectivity index (χ1n) is 6.81. The van der Waals surface area contributed by atoms with E-state index < -0.39 is 43.2 Å². The fourth-order valence-electron chi connectivity index (χ4n) is 2.28.